The number of aromatic nitrogens is 2. The van der Waals surface area contributed by atoms with Gasteiger partial charge >= 0.3 is 5.97 Å². The maximum Gasteiger partial charge on any atom is 0.306 e. The standard InChI is InChI=1S/C23H27N3O2/c1-26-15-12-17(13-16-26)28-22(27)11-6-8-19-18-7-2-3-9-20(18)25-23(19)21-10-4-5-14-24-21/h2-5,7,9-10,14,17,25H,6,8,11-13,15-16H2,1H3. The molecule has 0 amide bonds. The van der Waals surface area contributed by atoms with Gasteiger partial charge in [-0.05, 0) is 56.5 Å². The number of carbonyl (C=O) groups excluding carboxylic acids is 1. The highest BCUT2D eigenvalue weighted by Gasteiger charge is 2.20. The Morgan fingerprint density at radius 2 is 1.96 bits per heavy atom. The second-order valence-corrected chi connectivity index (χ2v) is 7.59. The number of nitrogens with one attached hydrogen (secondary N) is 1. The molecule has 4 rings (SSSR count). The molecule has 0 saturated carbocycles. The van der Waals surface area contributed by atoms with Gasteiger partial charge in [-0.25, -0.2) is 0 Å². The van der Waals surface area contributed by atoms with Crippen molar-refractivity contribution in [3.8, 4) is 11.4 Å². The van der Waals surface area contributed by atoms with E-state index in [1.807, 2.05) is 30.5 Å². The van der Waals surface area contributed by atoms with Crippen LogP contribution in [0.4, 0.5) is 0 Å². The summed E-state index contributed by atoms with van der Waals surface area (Å²) in [5.74, 6) is -0.0752. The van der Waals surface area contributed by atoms with Crippen LogP contribution in [0, 0.1) is 0 Å². The molecule has 1 aliphatic heterocycles. The molecule has 0 unspecified atom stereocenters. The number of esters is 1. The fourth-order valence-corrected chi connectivity index (χ4v) is 3.95. The molecule has 28 heavy (non-hydrogen) atoms. The minimum Gasteiger partial charge on any atom is -0.462 e. The molecule has 1 saturated heterocycles. The van der Waals surface area contributed by atoms with Crippen LogP contribution >= 0.6 is 0 Å². The first-order valence-corrected chi connectivity index (χ1v) is 10.1. The Morgan fingerprint density at radius 1 is 1.18 bits per heavy atom. The molecule has 3 heterocycles. The van der Waals surface area contributed by atoms with Crippen LogP contribution in [0.2, 0.25) is 0 Å². The predicted molar refractivity (Wildman–Crippen MR) is 111 cm³/mol. The second-order valence-electron chi connectivity index (χ2n) is 7.59. The number of para-hydroxylation sites is 1. The zero-order valence-corrected chi connectivity index (χ0v) is 16.4. The van der Waals surface area contributed by atoms with Gasteiger partial charge in [0.15, 0.2) is 0 Å². The Balaban J connectivity index is 1.42. The summed E-state index contributed by atoms with van der Waals surface area (Å²) in [5, 5.41) is 1.20. The number of fused-ring (bicyclic) bond motifs is 1. The van der Waals surface area contributed by atoms with Gasteiger partial charge in [0.2, 0.25) is 0 Å². The van der Waals surface area contributed by atoms with Crippen LogP contribution in [0.15, 0.2) is 48.7 Å². The lowest BCUT2D eigenvalue weighted by molar-refractivity contribution is -0.151. The van der Waals surface area contributed by atoms with Gasteiger partial charge in [0.25, 0.3) is 0 Å². The van der Waals surface area contributed by atoms with E-state index in [1.54, 1.807) is 0 Å². The molecule has 0 spiro atoms. The van der Waals surface area contributed by atoms with E-state index in [9.17, 15) is 4.79 Å². The fraction of sp³-hybridized carbons (Fsp3) is 0.391. The molecular weight excluding hydrogens is 350 g/mol. The van der Waals surface area contributed by atoms with Gasteiger partial charge in [-0.1, -0.05) is 24.3 Å². The predicted octanol–water partition coefficient (Wildman–Crippen LogP) is 4.19. The summed E-state index contributed by atoms with van der Waals surface area (Å²) in [7, 11) is 2.11. The molecular formula is C23H27N3O2. The summed E-state index contributed by atoms with van der Waals surface area (Å²) in [6, 6.07) is 14.2. The first-order valence-electron chi connectivity index (χ1n) is 10.1. The van der Waals surface area contributed by atoms with E-state index < -0.39 is 0 Å². The lowest BCUT2D eigenvalue weighted by Crippen LogP contribution is -2.35. The molecule has 5 heteroatoms. The minimum absolute atomic E-state index is 0.0752. The molecule has 0 bridgehead atoms. The van der Waals surface area contributed by atoms with E-state index in [0.717, 1.165) is 55.7 Å². The smallest absolute Gasteiger partial charge is 0.306 e. The van der Waals surface area contributed by atoms with Crippen molar-refractivity contribution >= 4 is 16.9 Å². The molecule has 1 fully saturated rings. The third-order valence-corrected chi connectivity index (χ3v) is 5.51. The maximum absolute atomic E-state index is 12.3. The van der Waals surface area contributed by atoms with Gasteiger partial charge in [0.05, 0.1) is 11.4 Å². The molecule has 2 aromatic heterocycles. The van der Waals surface area contributed by atoms with E-state index in [1.165, 1.54) is 10.9 Å². The van der Waals surface area contributed by atoms with Gasteiger partial charge < -0.3 is 14.6 Å². The van der Waals surface area contributed by atoms with E-state index >= 15 is 0 Å². The fourth-order valence-electron chi connectivity index (χ4n) is 3.95. The number of hydrogen-bond donors (Lipinski definition) is 1. The number of rotatable bonds is 6. The number of pyridine rings is 1. The topological polar surface area (TPSA) is 58.2 Å². The van der Waals surface area contributed by atoms with E-state index in [0.29, 0.717) is 6.42 Å². The number of H-pyrrole nitrogens is 1. The van der Waals surface area contributed by atoms with Crippen molar-refractivity contribution in [3.63, 3.8) is 0 Å². The molecule has 1 aliphatic rings. The number of ether oxygens (including phenoxy) is 1. The lowest BCUT2D eigenvalue weighted by atomic mass is 10.0. The molecule has 1 aromatic carbocycles. The number of hydrogen-bond acceptors (Lipinski definition) is 4. The quantitative estimate of drug-likeness (QED) is 0.655. The second kappa shape index (κ2) is 8.57. The van der Waals surface area contributed by atoms with Crippen molar-refractivity contribution in [2.75, 3.05) is 20.1 Å². The zero-order valence-electron chi connectivity index (χ0n) is 16.4. The summed E-state index contributed by atoms with van der Waals surface area (Å²) < 4.78 is 5.68. The molecule has 146 valence electrons. The van der Waals surface area contributed by atoms with Crippen LogP contribution in [-0.4, -0.2) is 47.1 Å². The largest absolute Gasteiger partial charge is 0.462 e. The number of nitrogens with zero attached hydrogens (tertiary/aromatic N) is 2. The van der Waals surface area contributed by atoms with Gasteiger partial charge in [-0.3, -0.25) is 9.78 Å². The number of likely N-dealkylation sites (tertiary alicyclic amines) is 1. The summed E-state index contributed by atoms with van der Waals surface area (Å²) in [6.45, 7) is 2.00. The van der Waals surface area contributed by atoms with Crippen LogP contribution in [0.1, 0.15) is 31.2 Å². The molecule has 1 N–H and O–H groups in total. The molecule has 3 aromatic rings. The van der Waals surface area contributed by atoms with Crippen LogP contribution in [0.3, 0.4) is 0 Å². The van der Waals surface area contributed by atoms with E-state index in [-0.39, 0.29) is 12.1 Å². The summed E-state index contributed by atoms with van der Waals surface area (Å²) in [4.78, 5) is 22.6. The number of aryl methyl sites for hydroxylation is 1. The lowest BCUT2D eigenvalue weighted by Gasteiger charge is -2.28. The van der Waals surface area contributed by atoms with Crippen molar-refractivity contribution in [3.05, 3.63) is 54.2 Å². The van der Waals surface area contributed by atoms with Crippen molar-refractivity contribution < 1.29 is 9.53 Å². The molecule has 0 radical (unpaired) electrons. The monoisotopic (exact) mass is 377 g/mol. The first-order chi connectivity index (χ1) is 13.7. The minimum atomic E-state index is -0.0752. The average Bonchev–Trinajstić information content (AvgIpc) is 3.09. The SMILES string of the molecule is CN1CCC(OC(=O)CCCc2c(-c3ccccn3)[nH]c3ccccc23)CC1. The van der Waals surface area contributed by atoms with Gasteiger partial charge in [-0.15, -0.1) is 0 Å². The van der Waals surface area contributed by atoms with Crippen LogP contribution in [-0.2, 0) is 16.0 Å². The highest BCUT2D eigenvalue weighted by molar-refractivity contribution is 5.90. The van der Waals surface area contributed by atoms with Gasteiger partial charge in [-0.2, -0.15) is 0 Å². The molecule has 0 atom stereocenters. The van der Waals surface area contributed by atoms with E-state index in [4.69, 9.17) is 4.74 Å². The Labute approximate surface area is 165 Å². The Morgan fingerprint density at radius 3 is 2.75 bits per heavy atom. The highest BCUT2D eigenvalue weighted by atomic mass is 16.5. The highest BCUT2D eigenvalue weighted by Crippen LogP contribution is 2.30. The van der Waals surface area contributed by atoms with Crippen molar-refractivity contribution in [2.45, 2.75) is 38.2 Å². The van der Waals surface area contributed by atoms with Gasteiger partial charge in [0.1, 0.15) is 6.10 Å². The Bertz CT molecular complexity index is 927. The molecule has 5 nitrogen and oxygen atoms in total. The summed E-state index contributed by atoms with van der Waals surface area (Å²) in [5.41, 5.74) is 4.31. The van der Waals surface area contributed by atoms with Crippen molar-refractivity contribution in [2.24, 2.45) is 0 Å². The summed E-state index contributed by atoms with van der Waals surface area (Å²) >= 11 is 0. The van der Waals surface area contributed by atoms with Crippen LogP contribution in [0.5, 0.6) is 0 Å². The number of benzene rings is 1. The van der Waals surface area contributed by atoms with Gasteiger partial charge in [0, 0.05) is 36.6 Å². The Kier molecular flexibility index (Phi) is 5.72. The normalized spacial score (nSPS) is 15.8. The van der Waals surface area contributed by atoms with Crippen molar-refractivity contribution in [1.82, 2.24) is 14.9 Å². The Hall–Kier alpha value is -2.66. The number of aromatic amines is 1. The maximum atomic E-state index is 12.3. The third-order valence-electron chi connectivity index (χ3n) is 5.51. The van der Waals surface area contributed by atoms with Crippen LogP contribution < -0.4 is 0 Å². The summed E-state index contributed by atoms with van der Waals surface area (Å²) in [6.07, 6.45) is 5.81. The third kappa shape index (κ3) is 4.25. The number of piperidine rings is 1. The van der Waals surface area contributed by atoms with Crippen LogP contribution in [0.25, 0.3) is 22.3 Å². The average molecular weight is 377 g/mol. The van der Waals surface area contributed by atoms with E-state index in [2.05, 4.69) is 40.1 Å². The molecule has 0 aliphatic carbocycles. The number of carbonyl (C=O) groups is 1. The van der Waals surface area contributed by atoms with Crippen molar-refractivity contribution in [1.29, 1.82) is 0 Å². The first kappa shape index (κ1) is 18.7. The zero-order chi connectivity index (χ0) is 19.3.